The van der Waals surface area contributed by atoms with E-state index >= 15 is 0 Å². The standard InChI is InChI=1S/C22H12Cl2S2/c23-13-15-25-19-9-5-17(6-10-19)21-3-1-2-4-22(21)18-7-11-20(12-8-18)26-16-14-24/h1-12H. The second-order valence-electron chi connectivity index (χ2n) is 5.19. The molecule has 0 spiro atoms. The smallest absolute Gasteiger partial charge is 0.0204 e. The lowest BCUT2D eigenvalue weighted by Gasteiger charge is -2.11. The van der Waals surface area contributed by atoms with Crippen LogP contribution in [-0.4, -0.2) is 0 Å². The normalized spacial score (nSPS) is 9.62. The fourth-order valence-electron chi connectivity index (χ4n) is 2.55. The Bertz CT molecular complexity index is 918. The Morgan fingerprint density at radius 2 is 0.923 bits per heavy atom. The minimum absolute atomic E-state index is 1.07. The lowest BCUT2D eigenvalue weighted by atomic mass is 9.95. The molecule has 0 radical (unpaired) electrons. The Hall–Kier alpha value is -1.94. The first-order valence-electron chi connectivity index (χ1n) is 7.66. The van der Waals surface area contributed by atoms with Crippen molar-refractivity contribution < 1.29 is 0 Å². The molecule has 0 aliphatic rings. The third-order valence-electron chi connectivity index (χ3n) is 3.67. The molecule has 0 amide bonds. The van der Waals surface area contributed by atoms with Gasteiger partial charge in [-0.05, 0) is 104 Å². The van der Waals surface area contributed by atoms with Crippen LogP contribution < -0.4 is 0 Å². The van der Waals surface area contributed by atoms with Crippen LogP contribution in [-0.2, 0) is 0 Å². The molecule has 0 atom stereocenters. The monoisotopic (exact) mass is 410 g/mol. The Kier molecular flexibility index (Phi) is 7.01. The van der Waals surface area contributed by atoms with E-state index in [9.17, 15) is 0 Å². The summed E-state index contributed by atoms with van der Waals surface area (Å²) >= 11 is 13.7. The van der Waals surface area contributed by atoms with E-state index in [1.807, 2.05) is 0 Å². The Balaban J connectivity index is 1.92. The van der Waals surface area contributed by atoms with E-state index in [-0.39, 0.29) is 0 Å². The topological polar surface area (TPSA) is 0 Å². The van der Waals surface area contributed by atoms with Crippen molar-refractivity contribution in [2.24, 2.45) is 0 Å². The molecule has 0 saturated heterocycles. The van der Waals surface area contributed by atoms with Crippen molar-refractivity contribution in [1.29, 1.82) is 0 Å². The molecule has 0 nitrogen and oxygen atoms in total. The van der Waals surface area contributed by atoms with Gasteiger partial charge in [-0.15, -0.1) is 0 Å². The highest BCUT2D eigenvalue weighted by molar-refractivity contribution is 8.04. The van der Waals surface area contributed by atoms with E-state index in [4.69, 9.17) is 23.2 Å². The molecule has 4 heteroatoms. The SMILES string of the molecule is ClC#CSc1ccc(-c2ccccc2-c2ccc(SC#CCl)cc2)cc1. The summed E-state index contributed by atoms with van der Waals surface area (Å²) in [7, 11) is 0. The lowest BCUT2D eigenvalue weighted by Crippen LogP contribution is -1.85. The maximum Gasteiger partial charge on any atom is 0.0204 e. The molecule has 0 fully saturated rings. The van der Waals surface area contributed by atoms with E-state index < -0.39 is 0 Å². The molecule has 0 aliphatic heterocycles. The van der Waals surface area contributed by atoms with Gasteiger partial charge in [0.15, 0.2) is 0 Å². The molecular weight excluding hydrogens is 399 g/mol. The van der Waals surface area contributed by atoms with Crippen molar-refractivity contribution in [1.82, 2.24) is 0 Å². The third-order valence-corrected chi connectivity index (χ3v) is 5.51. The number of halogens is 2. The number of hydrogen-bond acceptors (Lipinski definition) is 2. The van der Waals surface area contributed by atoms with Crippen LogP contribution in [0, 0.1) is 21.3 Å². The van der Waals surface area contributed by atoms with Crippen molar-refractivity contribution in [2.45, 2.75) is 9.79 Å². The van der Waals surface area contributed by atoms with Crippen LogP contribution in [0.4, 0.5) is 0 Å². The van der Waals surface area contributed by atoms with Gasteiger partial charge in [0.2, 0.25) is 0 Å². The second kappa shape index (κ2) is 9.67. The minimum Gasteiger partial charge on any atom is -0.0616 e. The van der Waals surface area contributed by atoms with Crippen LogP contribution in [0.1, 0.15) is 0 Å². The van der Waals surface area contributed by atoms with Gasteiger partial charge < -0.3 is 0 Å². The molecule has 26 heavy (non-hydrogen) atoms. The average Bonchev–Trinajstić information content (AvgIpc) is 2.71. The van der Waals surface area contributed by atoms with E-state index in [0.717, 1.165) is 20.9 Å². The van der Waals surface area contributed by atoms with Gasteiger partial charge in [-0.25, -0.2) is 0 Å². The maximum absolute atomic E-state index is 5.41. The molecule has 0 saturated carbocycles. The first kappa shape index (κ1) is 18.8. The highest BCUT2D eigenvalue weighted by atomic mass is 35.5. The van der Waals surface area contributed by atoms with E-state index in [0.29, 0.717) is 0 Å². The summed E-state index contributed by atoms with van der Waals surface area (Å²) in [5.41, 5.74) is 4.70. The van der Waals surface area contributed by atoms with Crippen molar-refractivity contribution in [3.63, 3.8) is 0 Å². The van der Waals surface area contributed by atoms with Gasteiger partial charge in [0, 0.05) is 20.6 Å². The van der Waals surface area contributed by atoms with Crippen LogP contribution in [0.3, 0.4) is 0 Å². The fraction of sp³-hybridized carbons (Fsp3) is 0. The predicted molar refractivity (Wildman–Crippen MR) is 116 cm³/mol. The van der Waals surface area contributed by atoms with Crippen molar-refractivity contribution >= 4 is 46.7 Å². The molecule has 126 valence electrons. The number of thioether (sulfide) groups is 2. The highest BCUT2D eigenvalue weighted by Crippen LogP contribution is 2.33. The summed E-state index contributed by atoms with van der Waals surface area (Å²) in [5.74, 6) is 0. The quantitative estimate of drug-likeness (QED) is 0.322. The predicted octanol–water partition coefficient (Wildman–Crippen LogP) is 7.52. The van der Waals surface area contributed by atoms with Gasteiger partial charge in [-0.2, -0.15) is 0 Å². The van der Waals surface area contributed by atoms with Gasteiger partial charge in [0.1, 0.15) is 0 Å². The summed E-state index contributed by atoms with van der Waals surface area (Å²) in [6, 6.07) is 25.1. The molecular formula is C22H12Cl2S2. The molecule has 3 aromatic rings. The Labute approximate surface area is 172 Å². The molecule has 3 rings (SSSR count). The second-order valence-corrected chi connectivity index (χ2v) is 7.33. The summed E-state index contributed by atoms with van der Waals surface area (Å²) in [5, 5.41) is 10.3. The Morgan fingerprint density at radius 3 is 1.27 bits per heavy atom. The van der Waals surface area contributed by atoms with Crippen LogP contribution in [0.15, 0.2) is 82.6 Å². The minimum atomic E-state index is 1.07. The van der Waals surface area contributed by atoms with E-state index in [2.05, 4.69) is 94.1 Å². The molecule has 0 heterocycles. The van der Waals surface area contributed by atoms with Gasteiger partial charge in [-0.1, -0.05) is 48.5 Å². The first-order chi connectivity index (χ1) is 12.8. The number of rotatable bonds is 4. The van der Waals surface area contributed by atoms with E-state index in [1.165, 1.54) is 34.7 Å². The third kappa shape index (κ3) is 4.82. The molecule has 0 N–H and O–H groups in total. The van der Waals surface area contributed by atoms with Crippen LogP contribution >= 0.6 is 46.7 Å². The average molecular weight is 411 g/mol. The summed E-state index contributed by atoms with van der Waals surface area (Å²) < 4.78 is 0. The van der Waals surface area contributed by atoms with Crippen molar-refractivity contribution in [2.75, 3.05) is 0 Å². The van der Waals surface area contributed by atoms with Crippen LogP contribution in [0.25, 0.3) is 22.3 Å². The summed E-state index contributed by atoms with van der Waals surface area (Å²) in [4.78, 5) is 2.14. The van der Waals surface area contributed by atoms with Crippen molar-refractivity contribution in [3.8, 4) is 43.5 Å². The number of benzene rings is 3. The molecule has 0 aromatic heterocycles. The zero-order valence-electron chi connectivity index (χ0n) is 13.5. The molecule has 0 bridgehead atoms. The maximum atomic E-state index is 5.41. The van der Waals surface area contributed by atoms with Crippen LogP contribution in [0.5, 0.6) is 0 Å². The molecule has 0 aliphatic carbocycles. The van der Waals surface area contributed by atoms with Crippen molar-refractivity contribution in [3.05, 3.63) is 72.8 Å². The largest absolute Gasteiger partial charge is 0.0616 e. The zero-order valence-corrected chi connectivity index (χ0v) is 16.6. The summed E-state index contributed by atoms with van der Waals surface area (Å²) in [6.45, 7) is 0. The Morgan fingerprint density at radius 1 is 0.538 bits per heavy atom. The zero-order chi connectivity index (χ0) is 18.2. The lowest BCUT2D eigenvalue weighted by molar-refractivity contribution is 1.45. The first-order valence-corrected chi connectivity index (χ1v) is 10.1. The molecule has 0 unspecified atom stereocenters. The molecule has 3 aromatic carbocycles. The fourth-order valence-corrected chi connectivity index (χ4v) is 3.64. The van der Waals surface area contributed by atoms with Gasteiger partial charge in [-0.3, -0.25) is 0 Å². The van der Waals surface area contributed by atoms with Crippen LogP contribution in [0.2, 0.25) is 0 Å². The highest BCUT2D eigenvalue weighted by Gasteiger charge is 2.07. The number of hydrogen-bond donors (Lipinski definition) is 0. The summed E-state index contributed by atoms with van der Waals surface area (Å²) in [6.07, 6.45) is 0. The van der Waals surface area contributed by atoms with Gasteiger partial charge in [0.25, 0.3) is 0 Å². The van der Waals surface area contributed by atoms with E-state index in [1.54, 1.807) is 0 Å². The van der Waals surface area contributed by atoms with Gasteiger partial charge >= 0.3 is 0 Å². The van der Waals surface area contributed by atoms with Gasteiger partial charge in [0.05, 0.1) is 0 Å².